The fourth-order valence-corrected chi connectivity index (χ4v) is 2.90. The van der Waals surface area contributed by atoms with Crippen LogP contribution in [0.1, 0.15) is 16.1 Å². The van der Waals surface area contributed by atoms with Gasteiger partial charge in [0.2, 0.25) is 0 Å². The average Bonchev–Trinajstić information content (AvgIpc) is 2.69. The largest absolute Gasteiger partial charge is 0.465 e. The number of hydrogen-bond acceptors (Lipinski definition) is 4. The number of benzene rings is 1. The third kappa shape index (κ3) is 2.49. The zero-order valence-corrected chi connectivity index (χ0v) is 12.8. The molecule has 0 radical (unpaired) electrons. The first-order chi connectivity index (χ1) is 8.52. The van der Waals surface area contributed by atoms with Crippen LogP contribution in [0.3, 0.4) is 0 Å². The molecule has 2 rings (SSSR count). The van der Waals surface area contributed by atoms with Gasteiger partial charge in [-0.2, -0.15) is 0 Å². The predicted octanol–water partition coefficient (Wildman–Crippen LogP) is 3.96. The van der Waals surface area contributed by atoms with Crippen LogP contribution in [-0.2, 0) is 4.74 Å². The smallest absolute Gasteiger partial charge is 0.343 e. The molecule has 2 aromatic rings. The van der Waals surface area contributed by atoms with Crippen molar-refractivity contribution in [3.05, 3.63) is 38.5 Å². The van der Waals surface area contributed by atoms with Crippen LogP contribution in [0.5, 0.6) is 0 Å². The summed E-state index contributed by atoms with van der Waals surface area (Å²) in [5, 5.41) is 3.92. The molecule has 0 amide bonds. The first kappa shape index (κ1) is 13.3. The van der Waals surface area contributed by atoms with Crippen LogP contribution in [0.2, 0.25) is 0 Å². The molecule has 6 heteroatoms. The summed E-state index contributed by atoms with van der Waals surface area (Å²) in [6.45, 7) is 1.68. The van der Waals surface area contributed by atoms with Gasteiger partial charge in [0.15, 0.2) is 0 Å². The molecule has 0 unspecified atom stereocenters. The van der Waals surface area contributed by atoms with Crippen LogP contribution >= 0.6 is 31.9 Å². The van der Waals surface area contributed by atoms with Gasteiger partial charge in [0.1, 0.15) is 17.0 Å². The van der Waals surface area contributed by atoms with Crippen molar-refractivity contribution in [1.29, 1.82) is 0 Å². The highest BCUT2D eigenvalue weighted by atomic mass is 79.9. The molecule has 0 bridgehead atoms. The number of carbonyl (C=O) groups excluding carboxylic acids is 1. The van der Waals surface area contributed by atoms with Crippen LogP contribution in [0.4, 0.5) is 0 Å². The standard InChI is InChI=1S/C12H9Br2NO3/c1-6-10(12(16)17-2)11(15-18-6)7-3-8(13)5-9(14)4-7/h3-5H,1-2H3. The van der Waals surface area contributed by atoms with E-state index in [0.717, 1.165) is 14.5 Å². The van der Waals surface area contributed by atoms with E-state index in [1.165, 1.54) is 7.11 Å². The van der Waals surface area contributed by atoms with Crippen molar-refractivity contribution in [1.82, 2.24) is 5.16 Å². The van der Waals surface area contributed by atoms with E-state index in [2.05, 4.69) is 37.0 Å². The first-order valence-electron chi connectivity index (χ1n) is 5.04. The van der Waals surface area contributed by atoms with Crippen molar-refractivity contribution in [3.63, 3.8) is 0 Å². The van der Waals surface area contributed by atoms with Crippen molar-refractivity contribution >= 4 is 37.8 Å². The Morgan fingerprint density at radius 1 is 1.28 bits per heavy atom. The number of rotatable bonds is 2. The van der Waals surface area contributed by atoms with E-state index >= 15 is 0 Å². The van der Waals surface area contributed by atoms with E-state index in [-0.39, 0.29) is 0 Å². The molecule has 0 saturated heterocycles. The number of esters is 1. The average molecular weight is 375 g/mol. The number of aromatic nitrogens is 1. The Labute approximate surface area is 121 Å². The molecule has 1 aromatic heterocycles. The lowest BCUT2D eigenvalue weighted by Crippen LogP contribution is -2.03. The zero-order chi connectivity index (χ0) is 13.3. The summed E-state index contributed by atoms with van der Waals surface area (Å²) < 4.78 is 11.6. The number of methoxy groups -OCH3 is 1. The van der Waals surface area contributed by atoms with Gasteiger partial charge in [0.05, 0.1) is 7.11 Å². The van der Waals surface area contributed by atoms with Gasteiger partial charge in [0, 0.05) is 14.5 Å². The normalized spacial score (nSPS) is 10.4. The Bertz CT molecular complexity index is 587. The highest BCUT2D eigenvalue weighted by Gasteiger charge is 2.22. The van der Waals surface area contributed by atoms with E-state index in [1.807, 2.05) is 18.2 Å². The molecular formula is C12H9Br2NO3. The van der Waals surface area contributed by atoms with Gasteiger partial charge in [-0.05, 0) is 25.1 Å². The zero-order valence-electron chi connectivity index (χ0n) is 9.66. The summed E-state index contributed by atoms with van der Waals surface area (Å²) in [5.74, 6) is -0.0206. The quantitative estimate of drug-likeness (QED) is 0.746. The number of ether oxygens (including phenoxy) is 1. The second-order valence-corrected chi connectivity index (χ2v) is 5.44. The highest BCUT2D eigenvalue weighted by molar-refractivity contribution is 9.11. The minimum Gasteiger partial charge on any atom is -0.465 e. The minimum atomic E-state index is -0.458. The van der Waals surface area contributed by atoms with Crippen molar-refractivity contribution < 1.29 is 14.1 Å². The van der Waals surface area contributed by atoms with E-state index in [1.54, 1.807) is 6.92 Å². The second-order valence-electron chi connectivity index (χ2n) is 3.61. The number of hydrogen-bond donors (Lipinski definition) is 0. The second kappa shape index (κ2) is 5.24. The Morgan fingerprint density at radius 3 is 2.44 bits per heavy atom. The van der Waals surface area contributed by atoms with Gasteiger partial charge >= 0.3 is 5.97 Å². The van der Waals surface area contributed by atoms with Crippen molar-refractivity contribution in [2.24, 2.45) is 0 Å². The van der Waals surface area contributed by atoms with Gasteiger partial charge in [-0.25, -0.2) is 4.79 Å². The molecule has 1 aromatic carbocycles. The molecule has 0 aliphatic rings. The van der Waals surface area contributed by atoms with Crippen molar-refractivity contribution in [2.75, 3.05) is 7.11 Å². The van der Waals surface area contributed by atoms with Crippen molar-refractivity contribution in [3.8, 4) is 11.3 Å². The third-order valence-corrected chi connectivity index (χ3v) is 3.30. The van der Waals surface area contributed by atoms with Crippen LogP contribution in [0, 0.1) is 6.92 Å². The SMILES string of the molecule is COC(=O)c1c(-c2cc(Br)cc(Br)c2)noc1C. The highest BCUT2D eigenvalue weighted by Crippen LogP contribution is 2.30. The van der Waals surface area contributed by atoms with E-state index in [0.29, 0.717) is 17.0 Å². The Kier molecular flexibility index (Phi) is 3.87. The minimum absolute atomic E-state index is 0.350. The lowest BCUT2D eigenvalue weighted by Gasteiger charge is -2.02. The fourth-order valence-electron chi connectivity index (χ4n) is 1.60. The Hall–Kier alpha value is -1.14. The van der Waals surface area contributed by atoms with Gasteiger partial charge in [-0.3, -0.25) is 0 Å². The van der Waals surface area contributed by atoms with Crippen LogP contribution < -0.4 is 0 Å². The summed E-state index contributed by atoms with van der Waals surface area (Å²) in [4.78, 5) is 11.7. The lowest BCUT2D eigenvalue weighted by molar-refractivity contribution is 0.0599. The van der Waals surface area contributed by atoms with E-state index in [4.69, 9.17) is 9.26 Å². The molecule has 4 nitrogen and oxygen atoms in total. The molecule has 18 heavy (non-hydrogen) atoms. The molecular weight excluding hydrogens is 366 g/mol. The topological polar surface area (TPSA) is 52.3 Å². The van der Waals surface area contributed by atoms with Gasteiger partial charge in [-0.15, -0.1) is 0 Å². The summed E-state index contributed by atoms with van der Waals surface area (Å²) in [6.07, 6.45) is 0. The summed E-state index contributed by atoms with van der Waals surface area (Å²) in [6, 6.07) is 5.61. The van der Waals surface area contributed by atoms with E-state index in [9.17, 15) is 4.79 Å². The maximum absolute atomic E-state index is 11.7. The summed E-state index contributed by atoms with van der Waals surface area (Å²) >= 11 is 6.78. The number of carbonyl (C=O) groups is 1. The van der Waals surface area contributed by atoms with E-state index < -0.39 is 5.97 Å². The molecule has 0 aliphatic carbocycles. The molecule has 1 heterocycles. The molecule has 94 valence electrons. The number of halogens is 2. The monoisotopic (exact) mass is 373 g/mol. The number of aryl methyl sites for hydroxylation is 1. The Morgan fingerprint density at radius 2 is 1.89 bits per heavy atom. The fraction of sp³-hybridized carbons (Fsp3) is 0.167. The maximum Gasteiger partial charge on any atom is 0.343 e. The molecule has 0 spiro atoms. The molecule has 0 fully saturated rings. The van der Waals surface area contributed by atoms with Gasteiger partial charge < -0.3 is 9.26 Å². The molecule has 0 aliphatic heterocycles. The summed E-state index contributed by atoms with van der Waals surface area (Å²) in [7, 11) is 1.33. The van der Waals surface area contributed by atoms with Crippen LogP contribution in [-0.4, -0.2) is 18.2 Å². The van der Waals surface area contributed by atoms with Crippen LogP contribution in [0.15, 0.2) is 31.7 Å². The Balaban J connectivity index is 2.61. The van der Waals surface area contributed by atoms with Gasteiger partial charge in [-0.1, -0.05) is 37.0 Å². The van der Waals surface area contributed by atoms with Crippen LogP contribution in [0.25, 0.3) is 11.3 Å². The van der Waals surface area contributed by atoms with Gasteiger partial charge in [0.25, 0.3) is 0 Å². The lowest BCUT2D eigenvalue weighted by atomic mass is 10.1. The third-order valence-electron chi connectivity index (χ3n) is 2.39. The molecule has 0 N–H and O–H groups in total. The molecule has 0 saturated carbocycles. The molecule has 0 atom stereocenters. The first-order valence-corrected chi connectivity index (χ1v) is 6.62. The summed E-state index contributed by atoms with van der Waals surface area (Å²) in [5.41, 5.74) is 1.59. The predicted molar refractivity (Wildman–Crippen MR) is 73.4 cm³/mol. The number of nitrogens with zero attached hydrogens (tertiary/aromatic N) is 1. The van der Waals surface area contributed by atoms with Crippen molar-refractivity contribution in [2.45, 2.75) is 6.92 Å². The maximum atomic E-state index is 11.7.